The minimum Gasteiger partial charge on any atom is -0.466 e. The van der Waals surface area contributed by atoms with Gasteiger partial charge >= 0.3 is 5.97 Å². The first-order chi connectivity index (χ1) is 37.0. The van der Waals surface area contributed by atoms with Crippen LogP contribution in [0.25, 0.3) is 0 Å². The molecule has 0 aromatic heterocycles. The second kappa shape index (κ2) is 64.6. The van der Waals surface area contributed by atoms with Crippen LogP contribution in [0.2, 0.25) is 0 Å². The van der Waals surface area contributed by atoms with E-state index in [2.05, 4.69) is 43.5 Å². The van der Waals surface area contributed by atoms with Crippen molar-refractivity contribution in [3.05, 3.63) is 36.5 Å². The van der Waals surface area contributed by atoms with Crippen molar-refractivity contribution in [2.24, 2.45) is 0 Å². The lowest BCUT2D eigenvalue weighted by molar-refractivity contribution is -0.143. The van der Waals surface area contributed by atoms with Gasteiger partial charge in [-0.3, -0.25) is 9.59 Å². The van der Waals surface area contributed by atoms with Crippen molar-refractivity contribution in [3.8, 4) is 0 Å². The molecule has 0 radical (unpaired) electrons. The minimum atomic E-state index is -0.841. The van der Waals surface area contributed by atoms with Crippen LogP contribution in [0.5, 0.6) is 0 Å². The first kappa shape index (κ1) is 73.1. The van der Waals surface area contributed by atoms with Gasteiger partial charge in [0, 0.05) is 12.8 Å². The van der Waals surface area contributed by atoms with Crippen LogP contribution < -0.4 is 5.32 Å². The van der Waals surface area contributed by atoms with Gasteiger partial charge in [-0.05, 0) is 57.8 Å². The second-order valence-electron chi connectivity index (χ2n) is 23.2. The lowest BCUT2D eigenvalue weighted by atomic mass is 10.0. The molecule has 442 valence electrons. The number of nitrogens with one attached hydrogen (secondary N) is 1. The van der Waals surface area contributed by atoms with Crippen molar-refractivity contribution in [3.63, 3.8) is 0 Å². The highest BCUT2D eigenvalue weighted by Gasteiger charge is 2.18. The van der Waals surface area contributed by atoms with Crippen LogP contribution in [-0.2, 0) is 14.3 Å². The summed E-state index contributed by atoms with van der Waals surface area (Å²) in [5.41, 5.74) is 0. The van der Waals surface area contributed by atoms with Gasteiger partial charge in [0.2, 0.25) is 5.91 Å². The lowest BCUT2D eigenvalue weighted by Crippen LogP contribution is -2.45. The molecule has 2 atom stereocenters. The minimum absolute atomic E-state index is 0.00504. The van der Waals surface area contributed by atoms with Gasteiger partial charge in [-0.15, -0.1) is 0 Å². The summed E-state index contributed by atoms with van der Waals surface area (Å²) in [7, 11) is 0. The highest BCUT2D eigenvalue weighted by molar-refractivity contribution is 5.76. The van der Waals surface area contributed by atoms with Crippen LogP contribution in [0.15, 0.2) is 36.5 Å². The van der Waals surface area contributed by atoms with E-state index in [9.17, 15) is 19.8 Å². The molecule has 0 aliphatic rings. The number of ether oxygens (including phenoxy) is 1. The molecule has 0 aromatic rings. The molecule has 0 bridgehead atoms. The molecule has 3 N–H and O–H groups in total. The highest BCUT2D eigenvalue weighted by Crippen LogP contribution is 2.18. The van der Waals surface area contributed by atoms with E-state index in [0.29, 0.717) is 19.4 Å². The number of amides is 1. The molecule has 0 aliphatic carbocycles. The predicted octanol–water partition coefficient (Wildman–Crippen LogP) is 21.5. The van der Waals surface area contributed by atoms with Gasteiger partial charge in [0.15, 0.2) is 0 Å². The van der Waals surface area contributed by atoms with E-state index in [1.807, 2.05) is 6.08 Å². The average Bonchev–Trinajstić information content (AvgIpc) is 3.41. The van der Waals surface area contributed by atoms with Crippen molar-refractivity contribution in [1.29, 1.82) is 0 Å². The molecule has 1 amide bonds. The summed E-state index contributed by atoms with van der Waals surface area (Å²) in [5, 5.41) is 23.1. The number of unbranched alkanes of at least 4 members (excludes halogenated alkanes) is 48. The molecular formula is C69H131NO5. The zero-order valence-electron chi connectivity index (χ0n) is 50.5. The summed E-state index contributed by atoms with van der Waals surface area (Å²) in [6, 6.07) is -0.624. The zero-order valence-corrected chi connectivity index (χ0v) is 50.5. The number of hydrogen-bond acceptors (Lipinski definition) is 5. The third-order valence-electron chi connectivity index (χ3n) is 15.6. The molecule has 75 heavy (non-hydrogen) atoms. The molecule has 0 saturated heterocycles. The van der Waals surface area contributed by atoms with Crippen molar-refractivity contribution in [2.45, 2.75) is 379 Å². The fourth-order valence-corrected chi connectivity index (χ4v) is 10.5. The SMILES string of the molecule is CCC/C=C\C/C=C\CCCCCCCC(=O)OCCCCCCCCCCCCCCCCCCCCCCCCCCCCCCCCCC(=O)NC(CO)C(O)/C=C/CCCCCCCCCCCCCC. The first-order valence-electron chi connectivity index (χ1n) is 33.8. The molecule has 0 spiro atoms. The maximum absolute atomic E-state index is 12.5. The van der Waals surface area contributed by atoms with Crippen LogP contribution in [0, 0.1) is 0 Å². The van der Waals surface area contributed by atoms with Gasteiger partial charge < -0.3 is 20.3 Å². The standard InChI is InChI=1S/C69H131NO5/c1-3-5-7-9-11-13-15-17-38-41-45-49-53-57-61-67(72)66(65-71)70-68(73)62-58-54-50-46-42-39-35-33-31-29-27-25-23-21-19-18-20-22-24-26-28-30-32-34-36-40-44-48-52-56-60-64-75-69(74)63-59-55-51-47-43-37-16-14-12-10-8-6-4-2/h8,10,14,16,57,61,66-67,71-72H,3-7,9,11-13,15,17-56,58-60,62-65H2,1-2H3,(H,70,73)/b10-8-,16-14-,61-57+. The van der Waals surface area contributed by atoms with Gasteiger partial charge in [0.1, 0.15) is 0 Å². The third kappa shape index (κ3) is 61.2. The quantitative estimate of drug-likeness (QED) is 0.0320. The van der Waals surface area contributed by atoms with Crippen LogP contribution in [0.1, 0.15) is 367 Å². The van der Waals surface area contributed by atoms with E-state index < -0.39 is 12.1 Å². The molecule has 0 saturated carbocycles. The Balaban J connectivity index is 3.34. The van der Waals surface area contributed by atoms with Crippen molar-refractivity contribution < 1.29 is 24.5 Å². The monoisotopic (exact) mass is 1050 g/mol. The summed E-state index contributed by atoms with van der Waals surface area (Å²) in [6.45, 7) is 4.86. The average molecular weight is 1050 g/mol. The Kier molecular flexibility index (Phi) is 63.0. The Morgan fingerprint density at radius 2 is 0.693 bits per heavy atom. The number of allylic oxidation sites excluding steroid dienone is 5. The maximum Gasteiger partial charge on any atom is 0.305 e. The number of hydrogen-bond donors (Lipinski definition) is 3. The first-order valence-corrected chi connectivity index (χ1v) is 33.8. The predicted molar refractivity (Wildman–Crippen MR) is 329 cm³/mol. The van der Waals surface area contributed by atoms with E-state index in [1.165, 1.54) is 289 Å². The largest absolute Gasteiger partial charge is 0.466 e. The van der Waals surface area contributed by atoms with Crippen LogP contribution in [0.4, 0.5) is 0 Å². The molecular weight excluding hydrogens is 923 g/mol. The topological polar surface area (TPSA) is 95.9 Å². The van der Waals surface area contributed by atoms with E-state index in [4.69, 9.17) is 4.74 Å². The van der Waals surface area contributed by atoms with Gasteiger partial charge in [-0.2, -0.15) is 0 Å². The number of carbonyl (C=O) groups excluding carboxylic acids is 2. The Morgan fingerprint density at radius 1 is 0.373 bits per heavy atom. The molecule has 6 heteroatoms. The second-order valence-corrected chi connectivity index (χ2v) is 23.2. The zero-order chi connectivity index (χ0) is 54.3. The Bertz CT molecular complexity index is 1210. The smallest absolute Gasteiger partial charge is 0.305 e. The fraction of sp³-hybridized carbons (Fsp3) is 0.884. The van der Waals surface area contributed by atoms with E-state index in [0.717, 1.165) is 51.4 Å². The summed E-state index contributed by atoms with van der Waals surface area (Å²) in [5.74, 6) is -0.0573. The highest BCUT2D eigenvalue weighted by atomic mass is 16.5. The van der Waals surface area contributed by atoms with E-state index in [-0.39, 0.29) is 18.5 Å². The Morgan fingerprint density at radius 3 is 1.07 bits per heavy atom. The summed E-state index contributed by atoms with van der Waals surface area (Å²) < 4.78 is 5.48. The molecule has 0 aliphatic heterocycles. The Labute approximate surface area is 468 Å². The van der Waals surface area contributed by atoms with E-state index in [1.54, 1.807) is 6.08 Å². The van der Waals surface area contributed by atoms with Crippen molar-refractivity contribution >= 4 is 11.9 Å². The van der Waals surface area contributed by atoms with Crippen LogP contribution in [0.3, 0.4) is 0 Å². The summed E-state index contributed by atoms with van der Waals surface area (Å²) >= 11 is 0. The number of carbonyl (C=O) groups is 2. The lowest BCUT2D eigenvalue weighted by Gasteiger charge is -2.20. The van der Waals surface area contributed by atoms with Gasteiger partial charge in [0.05, 0.1) is 25.4 Å². The van der Waals surface area contributed by atoms with Crippen LogP contribution >= 0.6 is 0 Å². The number of esters is 1. The number of aliphatic hydroxyl groups excluding tert-OH is 2. The van der Waals surface area contributed by atoms with Crippen molar-refractivity contribution in [2.75, 3.05) is 13.2 Å². The van der Waals surface area contributed by atoms with Gasteiger partial charge in [0.25, 0.3) is 0 Å². The normalized spacial score (nSPS) is 12.7. The number of aliphatic hydroxyl groups is 2. The van der Waals surface area contributed by atoms with Gasteiger partial charge in [-0.1, -0.05) is 333 Å². The van der Waals surface area contributed by atoms with E-state index >= 15 is 0 Å². The molecule has 0 heterocycles. The molecule has 6 nitrogen and oxygen atoms in total. The number of rotatable bonds is 63. The fourth-order valence-electron chi connectivity index (χ4n) is 10.5. The molecule has 0 rings (SSSR count). The van der Waals surface area contributed by atoms with Gasteiger partial charge in [-0.25, -0.2) is 0 Å². The Hall–Kier alpha value is -1.92. The molecule has 0 aromatic carbocycles. The van der Waals surface area contributed by atoms with Crippen molar-refractivity contribution in [1.82, 2.24) is 5.32 Å². The van der Waals surface area contributed by atoms with Crippen LogP contribution in [-0.4, -0.2) is 47.4 Å². The summed E-state index contributed by atoms with van der Waals surface area (Å²) in [4.78, 5) is 24.5. The summed E-state index contributed by atoms with van der Waals surface area (Å²) in [6.07, 6.45) is 82.2. The maximum atomic E-state index is 12.5. The third-order valence-corrected chi connectivity index (χ3v) is 15.6. The molecule has 0 fully saturated rings. The molecule has 2 unspecified atom stereocenters.